The van der Waals surface area contributed by atoms with Crippen LogP contribution in [-0.2, 0) is 13.6 Å². The summed E-state index contributed by atoms with van der Waals surface area (Å²) in [6.45, 7) is 7.56. The number of hydrogen-bond acceptors (Lipinski definition) is 4. The Morgan fingerprint density at radius 3 is 2.94 bits per heavy atom. The van der Waals surface area contributed by atoms with E-state index in [1.807, 2.05) is 13.1 Å². The van der Waals surface area contributed by atoms with Crippen molar-refractivity contribution in [2.24, 2.45) is 7.05 Å². The molecule has 1 unspecified atom stereocenters. The smallest absolute Gasteiger partial charge is 0.211 e. The summed E-state index contributed by atoms with van der Waals surface area (Å²) in [5.41, 5.74) is 1.08. The second-order valence-corrected chi connectivity index (χ2v) is 5.34. The van der Waals surface area contributed by atoms with Crippen LogP contribution in [0.15, 0.2) is 6.07 Å². The zero-order valence-corrected chi connectivity index (χ0v) is 11.8. The fraction of sp³-hybridized carbons (Fsp3) is 0.769. The van der Waals surface area contributed by atoms with E-state index in [4.69, 9.17) is 4.74 Å². The van der Waals surface area contributed by atoms with Crippen LogP contribution in [0.25, 0.3) is 0 Å². The van der Waals surface area contributed by atoms with Crippen molar-refractivity contribution in [2.75, 3.05) is 20.2 Å². The molecule has 1 saturated heterocycles. The van der Waals surface area contributed by atoms with E-state index in [-0.39, 0.29) is 0 Å². The fourth-order valence-corrected chi connectivity index (χ4v) is 2.59. The summed E-state index contributed by atoms with van der Waals surface area (Å²) in [6, 6.07) is 3.20. The molecule has 2 heterocycles. The maximum absolute atomic E-state index is 5.23. The molecule has 0 spiro atoms. The van der Waals surface area contributed by atoms with E-state index in [2.05, 4.69) is 29.2 Å². The van der Waals surface area contributed by atoms with Crippen LogP contribution in [0.5, 0.6) is 5.88 Å². The molecule has 1 aliphatic heterocycles. The molecule has 0 aromatic carbocycles. The number of likely N-dealkylation sites (tertiary alicyclic amines) is 1. The van der Waals surface area contributed by atoms with Crippen LogP contribution < -0.4 is 10.1 Å². The van der Waals surface area contributed by atoms with Gasteiger partial charge in [0.15, 0.2) is 0 Å². The lowest BCUT2D eigenvalue weighted by atomic mass is 10.2. The second-order valence-electron chi connectivity index (χ2n) is 5.34. The molecule has 1 atom stereocenters. The maximum Gasteiger partial charge on any atom is 0.211 e. The third kappa shape index (κ3) is 3.23. The molecule has 0 radical (unpaired) electrons. The first kappa shape index (κ1) is 13.4. The monoisotopic (exact) mass is 252 g/mol. The zero-order chi connectivity index (χ0) is 13.1. The Bertz CT molecular complexity index is 388. The molecule has 18 heavy (non-hydrogen) atoms. The standard InChI is InChI=1S/C13H24N4O/c1-10(2)14-11-5-6-17(8-11)9-12-7-13(18-4)16(3)15-12/h7,10-11,14H,5-6,8-9H2,1-4H3. The summed E-state index contributed by atoms with van der Waals surface area (Å²) in [5, 5.41) is 8.05. The Kier molecular flexibility index (Phi) is 4.24. The van der Waals surface area contributed by atoms with Crippen LogP contribution >= 0.6 is 0 Å². The molecule has 1 N–H and O–H groups in total. The number of ether oxygens (including phenoxy) is 1. The summed E-state index contributed by atoms with van der Waals surface area (Å²) in [7, 11) is 3.59. The zero-order valence-electron chi connectivity index (χ0n) is 11.8. The molecule has 0 bridgehead atoms. The van der Waals surface area contributed by atoms with Gasteiger partial charge in [-0.25, -0.2) is 4.68 Å². The number of aromatic nitrogens is 2. The minimum absolute atomic E-state index is 0.560. The Labute approximate surface area is 109 Å². The summed E-state index contributed by atoms with van der Waals surface area (Å²) < 4.78 is 7.02. The van der Waals surface area contributed by atoms with Crippen LogP contribution in [0.3, 0.4) is 0 Å². The van der Waals surface area contributed by atoms with Crippen molar-refractivity contribution in [1.29, 1.82) is 0 Å². The van der Waals surface area contributed by atoms with Gasteiger partial charge in [-0.05, 0) is 6.42 Å². The van der Waals surface area contributed by atoms with E-state index < -0.39 is 0 Å². The molecule has 1 fully saturated rings. The molecule has 0 aliphatic carbocycles. The number of hydrogen-bond donors (Lipinski definition) is 1. The number of rotatable bonds is 5. The lowest BCUT2D eigenvalue weighted by Gasteiger charge is -2.17. The highest BCUT2D eigenvalue weighted by Gasteiger charge is 2.23. The van der Waals surface area contributed by atoms with Crippen LogP contribution in [0.4, 0.5) is 0 Å². The summed E-state index contributed by atoms with van der Waals surface area (Å²) in [5.74, 6) is 0.820. The van der Waals surface area contributed by atoms with Gasteiger partial charge in [-0.3, -0.25) is 4.90 Å². The fourth-order valence-electron chi connectivity index (χ4n) is 2.59. The predicted molar refractivity (Wildman–Crippen MR) is 71.7 cm³/mol. The van der Waals surface area contributed by atoms with Gasteiger partial charge in [0.25, 0.3) is 0 Å². The Balaban J connectivity index is 1.87. The maximum atomic E-state index is 5.23. The van der Waals surface area contributed by atoms with Gasteiger partial charge in [-0.1, -0.05) is 13.8 Å². The molecular weight excluding hydrogens is 228 g/mol. The van der Waals surface area contributed by atoms with E-state index in [9.17, 15) is 0 Å². The van der Waals surface area contributed by atoms with Gasteiger partial charge in [0.2, 0.25) is 5.88 Å². The van der Waals surface area contributed by atoms with Crippen molar-refractivity contribution in [3.05, 3.63) is 11.8 Å². The molecule has 5 nitrogen and oxygen atoms in total. The van der Waals surface area contributed by atoms with Crippen LogP contribution in [0.1, 0.15) is 26.0 Å². The number of methoxy groups -OCH3 is 1. The average Bonchev–Trinajstić information content (AvgIpc) is 2.85. The van der Waals surface area contributed by atoms with Gasteiger partial charge in [-0.15, -0.1) is 0 Å². The molecule has 102 valence electrons. The van der Waals surface area contributed by atoms with Crippen molar-refractivity contribution >= 4 is 0 Å². The largest absolute Gasteiger partial charge is 0.481 e. The quantitative estimate of drug-likeness (QED) is 0.849. The molecule has 1 aromatic heterocycles. The average molecular weight is 252 g/mol. The van der Waals surface area contributed by atoms with Crippen molar-refractivity contribution in [1.82, 2.24) is 20.0 Å². The van der Waals surface area contributed by atoms with Gasteiger partial charge in [-0.2, -0.15) is 5.10 Å². The summed E-state index contributed by atoms with van der Waals surface area (Å²) in [4.78, 5) is 2.45. The molecule has 5 heteroatoms. The minimum atomic E-state index is 0.560. The lowest BCUT2D eigenvalue weighted by Crippen LogP contribution is -2.36. The highest BCUT2D eigenvalue weighted by atomic mass is 16.5. The summed E-state index contributed by atoms with van der Waals surface area (Å²) in [6.07, 6.45) is 1.22. The first-order chi connectivity index (χ1) is 8.58. The molecule has 2 rings (SSSR count). The van der Waals surface area contributed by atoms with Gasteiger partial charge in [0.1, 0.15) is 0 Å². The van der Waals surface area contributed by atoms with Crippen LogP contribution in [0, 0.1) is 0 Å². The Morgan fingerprint density at radius 2 is 2.33 bits per heavy atom. The van der Waals surface area contributed by atoms with E-state index in [0.29, 0.717) is 12.1 Å². The highest BCUT2D eigenvalue weighted by molar-refractivity contribution is 5.15. The van der Waals surface area contributed by atoms with Gasteiger partial charge < -0.3 is 10.1 Å². The van der Waals surface area contributed by atoms with E-state index >= 15 is 0 Å². The predicted octanol–water partition coefficient (Wildman–Crippen LogP) is 1.00. The van der Waals surface area contributed by atoms with Gasteiger partial charge >= 0.3 is 0 Å². The molecule has 1 aromatic rings. The molecule has 0 saturated carbocycles. The van der Waals surface area contributed by atoms with Crippen LogP contribution in [0.2, 0.25) is 0 Å². The lowest BCUT2D eigenvalue weighted by molar-refractivity contribution is 0.312. The van der Waals surface area contributed by atoms with Crippen molar-refractivity contribution < 1.29 is 4.74 Å². The van der Waals surface area contributed by atoms with Gasteiger partial charge in [0, 0.05) is 44.8 Å². The first-order valence-electron chi connectivity index (χ1n) is 6.63. The molecule has 0 amide bonds. The van der Waals surface area contributed by atoms with E-state index in [0.717, 1.165) is 31.2 Å². The van der Waals surface area contributed by atoms with Gasteiger partial charge in [0.05, 0.1) is 12.8 Å². The van der Waals surface area contributed by atoms with Crippen molar-refractivity contribution in [2.45, 2.75) is 38.9 Å². The first-order valence-corrected chi connectivity index (χ1v) is 6.63. The van der Waals surface area contributed by atoms with E-state index in [1.54, 1.807) is 11.8 Å². The highest BCUT2D eigenvalue weighted by Crippen LogP contribution is 2.16. The molecule has 1 aliphatic rings. The number of nitrogens with zero attached hydrogens (tertiary/aromatic N) is 3. The Morgan fingerprint density at radius 1 is 1.56 bits per heavy atom. The number of aryl methyl sites for hydroxylation is 1. The SMILES string of the molecule is COc1cc(CN2CCC(NC(C)C)C2)nn1C. The Hall–Kier alpha value is -1.07. The van der Waals surface area contributed by atoms with Crippen LogP contribution in [-0.4, -0.2) is 47.0 Å². The third-order valence-electron chi connectivity index (χ3n) is 3.32. The third-order valence-corrected chi connectivity index (χ3v) is 3.32. The van der Waals surface area contributed by atoms with Crippen molar-refractivity contribution in [3.63, 3.8) is 0 Å². The molecular formula is C13H24N4O. The summed E-state index contributed by atoms with van der Waals surface area (Å²) >= 11 is 0. The number of nitrogens with one attached hydrogen (secondary N) is 1. The van der Waals surface area contributed by atoms with Crippen molar-refractivity contribution in [3.8, 4) is 5.88 Å². The minimum Gasteiger partial charge on any atom is -0.481 e. The normalized spacial score (nSPS) is 20.8. The second kappa shape index (κ2) is 5.71. The van der Waals surface area contributed by atoms with E-state index in [1.165, 1.54) is 6.42 Å². The topological polar surface area (TPSA) is 42.3 Å².